The standard InChI is InChI=1S/C13H21NO/c1-4-9-14(11(2)3)13-7-5-12(10-15)6-8-13/h5-8,11,15H,4,9-10H2,1-3H3. The summed E-state index contributed by atoms with van der Waals surface area (Å²) in [5, 5.41) is 8.97. The molecule has 0 aliphatic carbocycles. The monoisotopic (exact) mass is 207 g/mol. The van der Waals surface area contributed by atoms with Crippen LogP contribution in [-0.2, 0) is 6.61 Å². The van der Waals surface area contributed by atoms with E-state index >= 15 is 0 Å². The fourth-order valence-electron chi connectivity index (χ4n) is 1.72. The number of benzene rings is 1. The fourth-order valence-corrected chi connectivity index (χ4v) is 1.72. The van der Waals surface area contributed by atoms with E-state index in [0.29, 0.717) is 6.04 Å². The molecule has 1 N–H and O–H groups in total. The number of aliphatic hydroxyl groups is 1. The first-order valence-corrected chi connectivity index (χ1v) is 5.65. The molecule has 0 unspecified atom stereocenters. The molecule has 0 spiro atoms. The second-order valence-electron chi connectivity index (χ2n) is 4.11. The van der Waals surface area contributed by atoms with Crippen molar-refractivity contribution in [3.05, 3.63) is 29.8 Å². The van der Waals surface area contributed by atoms with E-state index in [0.717, 1.165) is 18.5 Å². The van der Waals surface area contributed by atoms with Crippen molar-refractivity contribution < 1.29 is 5.11 Å². The van der Waals surface area contributed by atoms with Crippen molar-refractivity contribution in [2.45, 2.75) is 39.8 Å². The van der Waals surface area contributed by atoms with E-state index in [1.165, 1.54) is 5.69 Å². The molecule has 0 saturated heterocycles. The highest BCUT2D eigenvalue weighted by atomic mass is 16.3. The van der Waals surface area contributed by atoms with Crippen molar-refractivity contribution in [3.8, 4) is 0 Å². The van der Waals surface area contributed by atoms with Crippen molar-refractivity contribution >= 4 is 5.69 Å². The number of nitrogens with zero attached hydrogens (tertiary/aromatic N) is 1. The van der Waals surface area contributed by atoms with Crippen molar-refractivity contribution in [1.82, 2.24) is 0 Å². The summed E-state index contributed by atoms with van der Waals surface area (Å²) in [6, 6.07) is 8.66. The smallest absolute Gasteiger partial charge is 0.0681 e. The van der Waals surface area contributed by atoms with Gasteiger partial charge in [-0.25, -0.2) is 0 Å². The lowest BCUT2D eigenvalue weighted by molar-refractivity contribution is 0.282. The molecular weight excluding hydrogens is 186 g/mol. The molecule has 1 aromatic carbocycles. The van der Waals surface area contributed by atoms with Gasteiger partial charge in [-0.1, -0.05) is 19.1 Å². The van der Waals surface area contributed by atoms with Crippen LogP contribution in [0.15, 0.2) is 24.3 Å². The Balaban J connectivity index is 2.81. The molecular formula is C13H21NO. The number of aliphatic hydroxyl groups excluding tert-OH is 1. The lowest BCUT2D eigenvalue weighted by Crippen LogP contribution is -2.31. The second kappa shape index (κ2) is 5.76. The summed E-state index contributed by atoms with van der Waals surface area (Å²) in [5.74, 6) is 0. The molecule has 1 rings (SSSR count). The second-order valence-corrected chi connectivity index (χ2v) is 4.11. The van der Waals surface area contributed by atoms with Crippen LogP contribution in [0.5, 0.6) is 0 Å². The molecule has 0 bridgehead atoms. The van der Waals surface area contributed by atoms with Gasteiger partial charge in [-0.3, -0.25) is 0 Å². The maximum atomic E-state index is 8.97. The van der Waals surface area contributed by atoms with E-state index in [2.05, 4.69) is 37.8 Å². The molecule has 0 aliphatic rings. The molecule has 84 valence electrons. The normalized spacial score (nSPS) is 10.7. The number of anilines is 1. The minimum Gasteiger partial charge on any atom is -0.392 e. The maximum absolute atomic E-state index is 8.97. The zero-order chi connectivity index (χ0) is 11.3. The van der Waals surface area contributed by atoms with Gasteiger partial charge in [-0.2, -0.15) is 0 Å². The van der Waals surface area contributed by atoms with E-state index < -0.39 is 0 Å². The van der Waals surface area contributed by atoms with Crippen molar-refractivity contribution in [3.63, 3.8) is 0 Å². The first-order valence-electron chi connectivity index (χ1n) is 5.65. The van der Waals surface area contributed by atoms with Gasteiger partial charge in [-0.15, -0.1) is 0 Å². The first-order chi connectivity index (χ1) is 7.19. The average Bonchev–Trinajstić information content (AvgIpc) is 2.26. The first kappa shape index (κ1) is 12.1. The highest BCUT2D eigenvalue weighted by Crippen LogP contribution is 2.18. The number of hydrogen-bond acceptors (Lipinski definition) is 2. The summed E-state index contributed by atoms with van der Waals surface area (Å²) in [7, 11) is 0. The fraction of sp³-hybridized carbons (Fsp3) is 0.538. The molecule has 15 heavy (non-hydrogen) atoms. The van der Waals surface area contributed by atoms with Crippen LogP contribution >= 0.6 is 0 Å². The zero-order valence-corrected chi connectivity index (χ0v) is 9.90. The third-order valence-corrected chi connectivity index (χ3v) is 2.54. The van der Waals surface area contributed by atoms with E-state index in [9.17, 15) is 0 Å². The molecule has 0 aromatic heterocycles. The molecule has 0 aliphatic heterocycles. The largest absolute Gasteiger partial charge is 0.392 e. The molecule has 1 aromatic rings. The van der Waals surface area contributed by atoms with Crippen LogP contribution in [0.4, 0.5) is 5.69 Å². The van der Waals surface area contributed by atoms with Crippen LogP contribution in [-0.4, -0.2) is 17.7 Å². The van der Waals surface area contributed by atoms with Gasteiger partial charge < -0.3 is 10.0 Å². The minimum absolute atomic E-state index is 0.121. The Kier molecular flexibility index (Phi) is 4.63. The SMILES string of the molecule is CCCN(c1ccc(CO)cc1)C(C)C. The van der Waals surface area contributed by atoms with E-state index in [4.69, 9.17) is 5.11 Å². The molecule has 0 heterocycles. The Morgan fingerprint density at radius 2 is 1.80 bits per heavy atom. The Hall–Kier alpha value is -1.02. The Morgan fingerprint density at radius 1 is 1.20 bits per heavy atom. The topological polar surface area (TPSA) is 23.5 Å². The Labute approximate surface area is 92.5 Å². The van der Waals surface area contributed by atoms with Gasteiger partial charge in [0.2, 0.25) is 0 Å². The van der Waals surface area contributed by atoms with Crippen molar-refractivity contribution in [1.29, 1.82) is 0 Å². The van der Waals surface area contributed by atoms with Crippen molar-refractivity contribution in [2.75, 3.05) is 11.4 Å². The maximum Gasteiger partial charge on any atom is 0.0681 e. The highest BCUT2D eigenvalue weighted by Gasteiger charge is 2.08. The average molecular weight is 207 g/mol. The molecule has 0 saturated carbocycles. The Morgan fingerprint density at radius 3 is 2.20 bits per heavy atom. The summed E-state index contributed by atoms with van der Waals surface area (Å²) in [5.41, 5.74) is 2.21. The summed E-state index contributed by atoms with van der Waals surface area (Å²) in [4.78, 5) is 2.38. The molecule has 2 heteroatoms. The van der Waals surface area contributed by atoms with Gasteiger partial charge in [-0.05, 0) is 38.0 Å². The summed E-state index contributed by atoms with van der Waals surface area (Å²) in [6.45, 7) is 7.80. The number of hydrogen-bond donors (Lipinski definition) is 1. The molecule has 0 radical (unpaired) electrons. The van der Waals surface area contributed by atoms with Crippen LogP contribution in [0.3, 0.4) is 0 Å². The zero-order valence-electron chi connectivity index (χ0n) is 9.90. The molecule has 0 amide bonds. The highest BCUT2D eigenvalue weighted by molar-refractivity contribution is 5.48. The molecule has 2 nitrogen and oxygen atoms in total. The van der Waals surface area contributed by atoms with Crippen LogP contribution in [0.25, 0.3) is 0 Å². The van der Waals surface area contributed by atoms with Crippen LogP contribution < -0.4 is 4.90 Å². The molecule has 0 fully saturated rings. The van der Waals surface area contributed by atoms with Gasteiger partial charge in [0.15, 0.2) is 0 Å². The van der Waals surface area contributed by atoms with E-state index in [1.807, 2.05) is 12.1 Å². The van der Waals surface area contributed by atoms with Crippen LogP contribution in [0.1, 0.15) is 32.8 Å². The van der Waals surface area contributed by atoms with Crippen molar-refractivity contribution in [2.24, 2.45) is 0 Å². The predicted octanol–water partition coefficient (Wildman–Crippen LogP) is 2.80. The summed E-state index contributed by atoms with van der Waals surface area (Å²) >= 11 is 0. The quantitative estimate of drug-likeness (QED) is 0.802. The predicted molar refractivity (Wildman–Crippen MR) is 65.1 cm³/mol. The molecule has 0 atom stereocenters. The third-order valence-electron chi connectivity index (χ3n) is 2.54. The lowest BCUT2D eigenvalue weighted by Gasteiger charge is -2.28. The summed E-state index contributed by atoms with van der Waals surface area (Å²) in [6.07, 6.45) is 1.15. The van der Waals surface area contributed by atoms with Gasteiger partial charge >= 0.3 is 0 Å². The minimum atomic E-state index is 0.121. The van der Waals surface area contributed by atoms with E-state index in [-0.39, 0.29) is 6.61 Å². The van der Waals surface area contributed by atoms with Gasteiger partial charge in [0.05, 0.1) is 6.61 Å². The number of rotatable bonds is 5. The Bertz CT molecular complexity index is 279. The lowest BCUT2D eigenvalue weighted by atomic mass is 10.1. The van der Waals surface area contributed by atoms with Crippen LogP contribution in [0, 0.1) is 0 Å². The van der Waals surface area contributed by atoms with Gasteiger partial charge in [0.25, 0.3) is 0 Å². The van der Waals surface area contributed by atoms with Gasteiger partial charge in [0, 0.05) is 18.3 Å². The van der Waals surface area contributed by atoms with E-state index in [1.54, 1.807) is 0 Å². The summed E-state index contributed by atoms with van der Waals surface area (Å²) < 4.78 is 0. The third kappa shape index (κ3) is 3.24. The van der Waals surface area contributed by atoms with Gasteiger partial charge in [0.1, 0.15) is 0 Å². The van der Waals surface area contributed by atoms with Crippen LogP contribution in [0.2, 0.25) is 0 Å².